The summed E-state index contributed by atoms with van der Waals surface area (Å²) in [4.78, 5) is 26.6. The fourth-order valence-electron chi connectivity index (χ4n) is 3.74. The predicted molar refractivity (Wildman–Crippen MR) is 138 cm³/mol. The SMILES string of the molecule is CSc1ccc(NC(=O)[C@@H]2[C@@H](c3cc(Cl)cc(Cl)c3)C2(Cl)Cl)cc1C(=O)Nc1ccc(F)cc1. The summed E-state index contributed by atoms with van der Waals surface area (Å²) in [6.45, 7) is 0. The van der Waals surface area contributed by atoms with Crippen molar-refractivity contribution in [3.05, 3.63) is 87.7 Å². The van der Waals surface area contributed by atoms with E-state index in [0.717, 1.165) is 0 Å². The van der Waals surface area contributed by atoms with Gasteiger partial charge in [-0.3, -0.25) is 9.59 Å². The summed E-state index contributed by atoms with van der Waals surface area (Å²) in [5.74, 6) is -2.41. The molecule has 2 amide bonds. The Morgan fingerprint density at radius 2 is 1.53 bits per heavy atom. The van der Waals surface area contributed by atoms with Crippen molar-refractivity contribution in [2.45, 2.75) is 15.1 Å². The number of carbonyl (C=O) groups excluding carboxylic acids is 2. The molecule has 176 valence electrons. The van der Waals surface area contributed by atoms with Gasteiger partial charge in [-0.2, -0.15) is 0 Å². The first-order valence-corrected chi connectivity index (χ1v) is 12.7. The van der Waals surface area contributed by atoms with Crippen LogP contribution in [0.2, 0.25) is 10.0 Å². The molecule has 3 aromatic carbocycles. The summed E-state index contributed by atoms with van der Waals surface area (Å²) < 4.78 is 11.8. The van der Waals surface area contributed by atoms with Crippen molar-refractivity contribution in [3.8, 4) is 0 Å². The monoisotopic (exact) mass is 556 g/mol. The summed E-state index contributed by atoms with van der Waals surface area (Å²) in [6.07, 6.45) is 1.84. The largest absolute Gasteiger partial charge is 0.326 e. The summed E-state index contributed by atoms with van der Waals surface area (Å²) >= 11 is 26.4. The second kappa shape index (κ2) is 9.96. The minimum absolute atomic E-state index is 0.353. The van der Waals surface area contributed by atoms with E-state index in [0.29, 0.717) is 37.4 Å². The van der Waals surface area contributed by atoms with E-state index >= 15 is 0 Å². The van der Waals surface area contributed by atoms with Crippen molar-refractivity contribution < 1.29 is 14.0 Å². The van der Waals surface area contributed by atoms with Crippen LogP contribution in [-0.4, -0.2) is 22.4 Å². The number of halogens is 5. The standard InChI is InChI=1S/C24H17Cl4FN2O2S/c1-34-19-7-6-17(11-18(19)22(32)30-16-4-2-15(29)3-5-16)31-23(33)21-20(24(21,27)28)12-8-13(25)10-14(26)9-12/h2-11,20-21H,1H3,(H,30,32)(H,31,33)/t20-,21+/m1/s1. The number of carbonyl (C=O) groups is 2. The Hall–Kier alpha value is -1.96. The van der Waals surface area contributed by atoms with E-state index in [1.165, 1.54) is 36.0 Å². The van der Waals surface area contributed by atoms with Crippen molar-refractivity contribution in [1.29, 1.82) is 0 Å². The first kappa shape index (κ1) is 25.1. The minimum Gasteiger partial charge on any atom is -0.326 e. The quantitative estimate of drug-likeness (QED) is 0.242. The van der Waals surface area contributed by atoms with Gasteiger partial charge in [-0.15, -0.1) is 35.0 Å². The summed E-state index contributed by atoms with van der Waals surface area (Å²) in [5.41, 5.74) is 1.88. The van der Waals surface area contributed by atoms with E-state index in [1.54, 1.807) is 36.4 Å². The number of hydrogen-bond donors (Lipinski definition) is 2. The molecule has 2 atom stereocenters. The number of alkyl halides is 2. The van der Waals surface area contributed by atoms with Crippen LogP contribution >= 0.6 is 58.2 Å². The molecule has 3 aromatic rings. The number of thioether (sulfide) groups is 1. The molecule has 4 rings (SSSR count). The van der Waals surface area contributed by atoms with Crippen molar-refractivity contribution in [3.63, 3.8) is 0 Å². The van der Waals surface area contributed by atoms with Gasteiger partial charge in [-0.05, 0) is 72.5 Å². The van der Waals surface area contributed by atoms with Crippen LogP contribution in [0, 0.1) is 11.7 Å². The van der Waals surface area contributed by atoms with Gasteiger partial charge in [0.15, 0.2) is 0 Å². The lowest BCUT2D eigenvalue weighted by Gasteiger charge is -2.12. The van der Waals surface area contributed by atoms with Crippen LogP contribution in [-0.2, 0) is 4.79 Å². The first-order chi connectivity index (χ1) is 16.1. The summed E-state index contributed by atoms with van der Waals surface area (Å²) in [6, 6.07) is 15.4. The molecule has 34 heavy (non-hydrogen) atoms. The number of hydrogen-bond acceptors (Lipinski definition) is 3. The van der Waals surface area contributed by atoms with E-state index in [1.807, 2.05) is 6.26 Å². The summed E-state index contributed by atoms with van der Waals surface area (Å²) in [5, 5.41) is 6.36. The van der Waals surface area contributed by atoms with Crippen molar-refractivity contribution in [2.24, 2.45) is 5.92 Å². The van der Waals surface area contributed by atoms with E-state index in [4.69, 9.17) is 46.4 Å². The average Bonchev–Trinajstić information content (AvgIpc) is 3.36. The second-order valence-corrected chi connectivity index (χ2v) is 10.9. The zero-order valence-electron chi connectivity index (χ0n) is 17.5. The molecule has 1 saturated carbocycles. The fourth-order valence-corrected chi connectivity index (χ4v) is 5.68. The Labute approximate surface area is 220 Å². The molecular weight excluding hydrogens is 541 g/mol. The lowest BCUT2D eigenvalue weighted by molar-refractivity contribution is -0.117. The maximum Gasteiger partial charge on any atom is 0.256 e. The van der Waals surface area contributed by atoms with Gasteiger partial charge in [0.1, 0.15) is 10.2 Å². The number of nitrogens with one attached hydrogen (secondary N) is 2. The van der Waals surface area contributed by atoms with Crippen LogP contribution < -0.4 is 10.6 Å². The van der Waals surface area contributed by atoms with Gasteiger partial charge in [0.25, 0.3) is 5.91 Å². The molecule has 0 spiro atoms. The third kappa shape index (κ3) is 5.31. The molecule has 1 aliphatic rings. The van der Waals surface area contributed by atoms with E-state index in [9.17, 15) is 14.0 Å². The van der Waals surface area contributed by atoms with Gasteiger partial charge in [0.2, 0.25) is 5.91 Å². The average molecular weight is 558 g/mol. The van der Waals surface area contributed by atoms with Gasteiger partial charge in [-0.25, -0.2) is 4.39 Å². The van der Waals surface area contributed by atoms with Gasteiger partial charge < -0.3 is 10.6 Å². The molecular formula is C24H17Cl4FN2O2S. The van der Waals surface area contributed by atoms with Gasteiger partial charge in [0.05, 0.1) is 11.5 Å². The second-order valence-electron chi connectivity index (χ2n) is 7.70. The third-order valence-corrected chi connectivity index (χ3v) is 7.57. The molecule has 0 bridgehead atoms. The smallest absolute Gasteiger partial charge is 0.256 e. The van der Waals surface area contributed by atoms with E-state index in [2.05, 4.69) is 10.6 Å². The highest BCUT2D eigenvalue weighted by molar-refractivity contribution is 7.98. The Morgan fingerprint density at radius 1 is 0.912 bits per heavy atom. The van der Waals surface area contributed by atoms with Crippen LogP contribution in [0.3, 0.4) is 0 Å². The lowest BCUT2D eigenvalue weighted by Crippen LogP contribution is -2.18. The van der Waals surface area contributed by atoms with Gasteiger partial charge in [0, 0.05) is 32.2 Å². The minimum atomic E-state index is -1.32. The highest BCUT2D eigenvalue weighted by Crippen LogP contribution is 2.65. The van der Waals surface area contributed by atoms with Crippen LogP contribution in [0.4, 0.5) is 15.8 Å². The molecule has 0 saturated heterocycles. The van der Waals surface area contributed by atoms with Crippen molar-refractivity contribution in [1.82, 2.24) is 0 Å². The van der Waals surface area contributed by atoms with Crippen molar-refractivity contribution in [2.75, 3.05) is 16.9 Å². The molecule has 0 aromatic heterocycles. The molecule has 2 N–H and O–H groups in total. The summed E-state index contributed by atoms with van der Waals surface area (Å²) in [7, 11) is 0. The van der Waals surface area contributed by atoms with E-state index < -0.39 is 33.8 Å². The molecule has 0 aliphatic heterocycles. The molecule has 0 radical (unpaired) electrons. The predicted octanol–water partition coefficient (Wildman–Crippen LogP) is 7.63. The molecule has 0 unspecified atom stereocenters. The Kier molecular flexibility index (Phi) is 7.36. The maximum absolute atomic E-state index is 13.2. The van der Waals surface area contributed by atoms with Crippen LogP contribution in [0.15, 0.2) is 65.6 Å². The number of benzene rings is 3. The first-order valence-electron chi connectivity index (χ1n) is 10.00. The highest BCUT2D eigenvalue weighted by atomic mass is 35.5. The number of anilines is 2. The third-order valence-electron chi connectivity index (χ3n) is 5.39. The lowest BCUT2D eigenvalue weighted by atomic mass is 10.1. The zero-order valence-corrected chi connectivity index (χ0v) is 21.4. The van der Waals surface area contributed by atoms with Crippen molar-refractivity contribution >= 4 is 81.4 Å². The molecule has 0 heterocycles. The van der Waals surface area contributed by atoms with Crippen LogP contribution in [0.25, 0.3) is 0 Å². The van der Waals surface area contributed by atoms with Crippen LogP contribution in [0.1, 0.15) is 21.8 Å². The fraction of sp³-hybridized carbons (Fsp3) is 0.167. The van der Waals surface area contributed by atoms with E-state index in [-0.39, 0.29) is 0 Å². The maximum atomic E-state index is 13.2. The molecule has 10 heteroatoms. The number of amides is 2. The highest BCUT2D eigenvalue weighted by Gasteiger charge is 2.67. The number of rotatable bonds is 6. The Morgan fingerprint density at radius 3 is 2.15 bits per heavy atom. The Balaban J connectivity index is 1.53. The topological polar surface area (TPSA) is 58.2 Å². The van der Waals surface area contributed by atoms with Gasteiger partial charge in [-0.1, -0.05) is 23.2 Å². The molecule has 4 nitrogen and oxygen atoms in total. The Bertz CT molecular complexity index is 1250. The molecule has 1 aliphatic carbocycles. The van der Waals surface area contributed by atoms with Gasteiger partial charge >= 0.3 is 0 Å². The molecule has 1 fully saturated rings. The van der Waals surface area contributed by atoms with Crippen LogP contribution in [0.5, 0.6) is 0 Å². The normalized spacial score (nSPS) is 18.3. The zero-order chi connectivity index (χ0) is 24.6.